The molecule has 0 bridgehead atoms. The summed E-state index contributed by atoms with van der Waals surface area (Å²) in [5, 5.41) is 49.4. The lowest BCUT2D eigenvalue weighted by atomic mass is 9.95. The number of carbonyl (C=O) groups is 1. The van der Waals surface area contributed by atoms with Crippen molar-refractivity contribution in [3.05, 3.63) is 53.5 Å². The topological polar surface area (TPSA) is 148 Å². The van der Waals surface area contributed by atoms with Gasteiger partial charge in [-0.25, -0.2) is 4.39 Å². The number of nitrogens with one attached hydrogen (secondary N) is 2. The van der Waals surface area contributed by atoms with Crippen molar-refractivity contribution in [3.63, 3.8) is 0 Å². The molecule has 0 saturated carbocycles. The van der Waals surface area contributed by atoms with Gasteiger partial charge in [0.2, 0.25) is 0 Å². The molecule has 33 heavy (non-hydrogen) atoms. The first-order valence-electron chi connectivity index (χ1n) is 10.1. The van der Waals surface area contributed by atoms with Crippen LogP contribution in [0.2, 0.25) is 0 Å². The molecule has 2 heterocycles. The molecule has 10 heteroatoms. The maximum Gasteiger partial charge on any atom is 0.251 e. The molecule has 0 spiro atoms. The highest BCUT2D eigenvalue weighted by atomic mass is 19.1. The molecule has 6 N–H and O–H groups in total. The minimum Gasteiger partial charge on any atom is -0.394 e. The van der Waals surface area contributed by atoms with Crippen LogP contribution < -0.4 is 5.32 Å². The number of fused-ring (bicyclic) bond motifs is 1. The monoisotopic (exact) mass is 455 g/mol. The Hall–Kier alpha value is -3.33. The summed E-state index contributed by atoms with van der Waals surface area (Å²) in [6, 6.07) is 7.32. The predicted molar refractivity (Wildman–Crippen MR) is 116 cm³/mol. The van der Waals surface area contributed by atoms with Crippen LogP contribution in [0.1, 0.15) is 15.9 Å². The van der Waals surface area contributed by atoms with E-state index < -0.39 is 42.9 Å². The molecule has 0 radical (unpaired) electrons. The van der Waals surface area contributed by atoms with Crippen LogP contribution in [0.25, 0.3) is 22.0 Å². The highest BCUT2D eigenvalue weighted by molar-refractivity contribution is 5.96. The molecule has 1 aromatic heterocycles. The highest BCUT2D eigenvalue weighted by Crippen LogP contribution is 2.29. The second kappa shape index (κ2) is 9.27. The van der Waals surface area contributed by atoms with Crippen molar-refractivity contribution in [3.8, 4) is 23.0 Å². The number of H-pyrrole nitrogens is 1. The number of rotatable bonds is 3. The van der Waals surface area contributed by atoms with Gasteiger partial charge in [0.1, 0.15) is 36.3 Å². The van der Waals surface area contributed by atoms with Crippen LogP contribution in [0, 0.1) is 17.7 Å². The van der Waals surface area contributed by atoms with Gasteiger partial charge in [-0.3, -0.25) is 9.89 Å². The van der Waals surface area contributed by atoms with Gasteiger partial charge in [0.15, 0.2) is 0 Å². The van der Waals surface area contributed by atoms with Gasteiger partial charge >= 0.3 is 0 Å². The Balaban J connectivity index is 1.76. The number of benzene rings is 2. The molecule has 1 fully saturated rings. The first kappa shape index (κ1) is 22.8. The lowest BCUT2D eigenvalue weighted by molar-refractivity contribution is -0.214. The summed E-state index contributed by atoms with van der Waals surface area (Å²) in [5.74, 6) is 4.67. The molecular formula is C23H22FN3O6. The van der Waals surface area contributed by atoms with E-state index in [1.54, 1.807) is 18.3 Å². The number of amides is 1. The van der Waals surface area contributed by atoms with Gasteiger partial charge in [-0.05, 0) is 35.9 Å². The molecule has 3 aromatic rings. The summed E-state index contributed by atoms with van der Waals surface area (Å²) >= 11 is 0. The van der Waals surface area contributed by atoms with E-state index in [4.69, 9.17) is 4.74 Å². The first-order valence-corrected chi connectivity index (χ1v) is 10.1. The average molecular weight is 455 g/mol. The van der Waals surface area contributed by atoms with Gasteiger partial charge in [-0.15, -0.1) is 0 Å². The molecule has 4 rings (SSSR count). The summed E-state index contributed by atoms with van der Waals surface area (Å²) in [5.41, 5.74) is 1.89. The van der Waals surface area contributed by atoms with Crippen molar-refractivity contribution in [2.75, 3.05) is 13.7 Å². The molecule has 1 saturated heterocycles. The first-order chi connectivity index (χ1) is 15.8. The van der Waals surface area contributed by atoms with Crippen LogP contribution in [-0.2, 0) is 4.74 Å². The van der Waals surface area contributed by atoms with Crippen molar-refractivity contribution in [2.24, 2.45) is 0 Å². The van der Waals surface area contributed by atoms with E-state index in [-0.39, 0.29) is 17.0 Å². The Morgan fingerprint density at radius 2 is 2.00 bits per heavy atom. The maximum absolute atomic E-state index is 14.7. The Kier molecular flexibility index (Phi) is 6.42. The average Bonchev–Trinajstić information content (AvgIpc) is 3.30. The highest BCUT2D eigenvalue weighted by Gasteiger charge is 2.42. The lowest BCUT2D eigenvalue weighted by Gasteiger charge is -2.37. The summed E-state index contributed by atoms with van der Waals surface area (Å²) in [6.07, 6.45) is -5.26. The number of nitrogens with zero attached hydrogens (tertiary/aromatic N) is 1. The molecule has 172 valence electrons. The van der Waals surface area contributed by atoms with Gasteiger partial charge < -0.3 is 30.5 Å². The quantitative estimate of drug-likeness (QED) is 0.303. The maximum atomic E-state index is 14.7. The number of ether oxygens (including phenoxy) is 1. The Labute approximate surface area is 187 Å². The number of carbonyl (C=O) groups excluding carboxylic acids is 1. The number of aromatic amines is 1. The van der Waals surface area contributed by atoms with Crippen LogP contribution in [0.3, 0.4) is 0 Å². The minimum atomic E-state index is -1.55. The van der Waals surface area contributed by atoms with Crippen molar-refractivity contribution in [1.29, 1.82) is 0 Å². The van der Waals surface area contributed by atoms with E-state index in [0.29, 0.717) is 22.0 Å². The summed E-state index contributed by atoms with van der Waals surface area (Å²) in [7, 11) is 1.48. The zero-order valence-electron chi connectivity index (χ0n) is 17.5. The fourth-order valence-corrected chi connectivity index (χ4v) is 3.71. The molecule has 2 aromatic carbocycles. The van der Waals surface area contributed by atoms with Crippen LogP contribution >= 0.6 is 0 Å². The third kappa shape index (κ3) is 4.32. The van der Waals surface area contributed by atoms with E-state index in [1.165, 1.54) is 25.2 Å². The van der Waals surface area contributed by atoms with Crippen molar-refractivity contribution in [1.82, 2.24) is 15.5 Å². The second-order valence-electron chi connectivity index (χ2n) is 7.65. The Morgan fingerprint density at radius 1 is 1.21 bits per heavy atom. The third-order valence-electron chi connectivity index (χ3n) is 5.56. The van der Waals surface area contributed by atoms with Gasteiger partial charge in [0.05, 0.1) is 23.9 Å². The predicted octanol–water partition coefficient (Wildman–Crippen LogP) is -0.0775. The van der Waals surface area contributed by atoms with E-state index in [9.17, 15) is 29.6 Å². The standard InChI is InChI=1S/C23H22FN3O6/c1-25-23(32)12-2-4-16(24)15(8-12)13-6-11(19-14(7-13)9-26-27-19)3-5-17-20(29)22(31)21(30)18(10-28)33-17/h2,4,6-9,17-18,20-22,28-31H,10H2,1H3,(H,25,32)(H,26,27)/t17-,18-,20-,21-,22-/m1/s1. The van der Waals surface area contributed by atoms with E-state index in [1.807, 2.05) is 0 Å². The summed E-state index contributed by atoms with van der Waals surface area (Å²) in [4.78, 5) is 12.0. The third-order valence-corrected chi connectivity index (χ3v) is 5.56. The largest absolute Gasteiger partial charge is 0.394 e. The van der Waals surface area contributed by atoms with E-state index in [2.05, 4.69) is 27.4 Å². The van der Waals surface area contributed by atoms with Crippen molar-refractivity contribution in [2.45, 2.75) is 30.5 Å². The van der Waals surface area contributed by atoms with Gasteiger partial charge in [0, 0.05) is 23.6 Å². The number of aliphatic hydroxyl groups is 4. The fourth-order valence-electron chi connectivity index (χ4n) is 3.71. The fraction of sp³-hybridized carbons (Fsp3) is 0.304. The molecule has 5 atom stereocenters. The number of hydrogen-bond acceptors (Lipinski definition) is 7. The smallest absolute Gasteiger partial charge is 0.251 e. The molecule has 9 nitrogen and oxygen atoms in total. The van der Waals surface area contributed by atoms with Gasteiger partial charge in [-0.1, -0.05) is 11.8 Å². The zero-order valence-corrected chi connectivity index (χ0v) is 17.5. The van der Waals surface area contributed by atoms with Crippen molar-refractivity contribution < 1.29 is 34.3 Å². The second-order valence-corrected chi connectivity index (χ2v) is 7.65. The van der Waals surface area contributed by atoms with E-state index in [0.717, 1.165) is 0 Å². The summed E-state index contributed by atoms with van der Waals surface area (Å²) in [6.45, 7) is -0.565. The number of halogens is 1. The molecule has 0 aliphatic carbocycles. The molecule has 1 amide bonds. The molecular weight excluding hydrogens is 433 g/mol. The Morgan fingerprint density at radius 3 is 2.73 bits per heavy atom. The number of hydrogen-bond donors (Lipinski definition) is 6. The lowest BCUT2D eigenvalue weighted by Crippen LogP contribution is -2.58. The number of aliphatic hydroxyl groups excluding tert-OH is 4. The van der Waals surface area contributed by atoms with Crippen LogP contribution in [-0.4, -0.2) is 80.7 Å². The minimum absolute atomic E-state index is 0.190. The van der Waals surface area contributed by atoms with Crippen LogP contribution in [0.4, 0.5) is 4.39 Å². The van der Waals surface area contributed by atoms with Gasteiger partial charge in [-0.2, -0.15) is 5.10 Å². The molecule has 1 aliphatic rings. The number of aromatic nitrogens is 2. The van der Waals surface area contributed by atoms with Gasteiger partial charge in [0.25, 0.3) is 5.91 Å². The summed E-state index contributed by atoms with van der Waals surface area (Å²) < 4.78 is 20.1. The molecule has 0 unspecified atom stereocenters. The van der Waals surface area contributed by atoms with Crippen LogP contribution in [0.5, 0.6) is 0 Å². The SMILES string of the molecule is CNC(=O)c1ccc(F)c(-c2cc(C#C[C@H]3O[C@H](CO)[C@@H](O)[C@H](O)[C@@H]3O)c3[nH]ncc3c2)c1. The normalized spacial score (nSPS) is 24.8. The Bertz CT molecular complexity index is 1250. The molecule has 1 aliphatic heterocycles. The van der Waals surface area contributed by atoms with Crippen molar-refractivity contribution >= 4 is 16.8 Å². The zero-order chi connectivity index (χ0) is 23.7. The van der Waals surface area contributed by atoms with Crippen LogP contribution in [0.15, 0.2) is 36.5 Å². The van der Waals surface area contributed by atoms with E-state index >= 15 is 0 Å².